The SMILES string of the molecule is CNCCN(C(C)=O)c1ccc(C)cc1. The summed E-state index contributed by atoms with van der Waals surface area (Å²) >= 11 is 0. The molecule has 0 bridgehead atoms. The maximum absolute atomic E-state index is 11.4. The molecule has 0 aliphatic rings. The van der Waals surface area contributed by atoms with Crippen LogP contribution in [0.15, 0.2) is 24.3 Å². The molecule has 0 radical (unpaired) electrons. The molecule has 0 aromatic heterocycles. The Bertz CT molecular complexity index is 319. The molecular weight excluding hydrogens is 188 g/mol. The minimum absolute atomic E-state index is 0.0779. The lowest BCUT2D eigenvalue weighted by Gasteiger charge is -2.21. The van der Waals surface area contributed by atoms with E-state index in [4.69, 9.17) is 0 Å². The number of amides is 1. The van der Waals surface area contributed by atoms with Gasteiger partial charge in [-0.25, -0.2) is 0 Å². The fraction of sp³-hybridized carbons (Fsp3) is 0.417. The van der Waals surface area contributed by atoms with E-state index in [1.54, 1.807) is 11.8 Å². The number of carbonyl (C=O) groups is 1. The molecule has 3 nitrogen and oxygen atoms in total. The summed E-state index contributed by atoms with van der Waals surface area (Å²) in [4.78, 5) is 13.2. The minimum atomic E-state index is 0.0779. The summed E-state index contributed by atoms with van der Waals surface area (Å²) in [5.41, 5.74) is 2.17. The van der Waals surface area contributed by atoms with Crippen LogP contribution in [-0.4, -0.2) is 26.0 Å². The molecule has 3 heteroatoms. The van der Waals surface area contributed by atoms with Crippen LogP contribution in [-0.2, 0) is 4.79 Å². The second-order valence-corrected chi connectivity index (χ2v) is 3.61. The van der Waals surface area contributed by atoms with Crippen LogP contribution >= 0.6 is 0 Å². The van der Waals surface area contributed by atoms with Crippen LogP contribution in [0.3, 0.4) is 0 Å². The number of likely N-dealkylation sites (N-methyl/N-ethyl adjacent to an activating group) is 1. The number of hydrogen-bond donors (Lipinski definition) is 1. The average Bonchev–Trinajstić information content (AvgIpc) is 2.21. The van der Waals surface area contributed by atoms with Crippen molar-refractivity contribution in [1.29, 1.82) is 0 Å². The minimum Gasteiger partial charge on any atom is -0.318 e. The van der Waals surface area contributed by atoms with Gasteiger partial charge in [0.05, 0.1) is 0 Å². The first-order chi connectivity index (χ1) is 7.15. The van der Waals surface area contributed by atoms with Crippen molar-refractivity contribution < 1.29 is 4.79 Å². The van der Waals surface area contributed by atoms with Gasteiger partial charge in [0.1, 0.15) is 0 Å². The summed E-state index contributed by atoms with van der Waals surface area (Å²) in [5, 5.41) is 3.04. The molecule has 0 atom stereocenters. The highest BCUT2D eigenvalue weighted by atomic mass is 16.2. The van der Waals surface area contributed by atoms with Crippen LogP contribution in [0.1, 0.15) is 12.5 Å². The normalized spacial score (nSPS) is 10.1. The number of rotatable bonds is 4. The maximum atomic E-state index is 11.4. The lowest BCUT2D eigenvalue weighted by atomic mass is 10.2. The molecule has 1 aromatic rings. The monoisotopic (exact) mass is 206 g/mol. The quantitative estimate of drug-likeness (QED) is 0.811. The predicted molar refractivity (Wildman–Crippen MR) is 63.1 cm³/mol. The number of aryl methyl sites for hydroxylation is 1. The van der Waals surface area contributed by atoms with Gasteiger partial charge in [-0.05, 0) is 26.1 Å². The summed E-state index contributed by atoms with van der Waals surface area (Å²) < 4.78 is 0. The third-order valence-corrected chi connectivity index (χ3v) is 2.31. The van der Waals surface area contributed by atoms with E-state index in [9.17, 15) is 4.79 Å². The zero-order chi connectivity index (χ0) is 11.3. The van der Waals surface area contributed by atoms with E-state index in [2.05, 4.69) is 5.32 Å². The molecule has 0 saturated carbocycles. The van der Waals surface area contributed by atoms with Crippen LogP contribution in [0, 0.1) is 6.92 Å². The Hall–Kier alpha value is -1.35. The van der Waals surface area contributed by atoms with Gasteiger partial charge in [-0.1, -0.05) is 17.7 Å². The molecular formula is C12H18N2O. The van der Waals surface area contributed by atoms with Crippen molar-refractivity contribution in [3.8, 4) is 0 Å². The van der Waals surface area contributed by atoms with Crippen LogP contribution in [0.4, 0.5) is 5.69 Å². The molecule has 0 aliphatic heterocycles. The van der Waals surface area contributed by atoms with E-state index in [1.807, 2.05) is 38.2 Å². The number of nitrogens with one attached hydrogen (secondary N) is 1. The lowest BCUT2D eigenvalue weighted by molar-refractivity contribution is -0.116. The third kappa shape index (κ3) is 3.36. The Morgan fingerprint density at radius 2 is 1.93 bits per heavy atom. The molecule has 0 heterocycles. The second kappa shape index (κ2) is 5.51. The zero-order valence-electron chi connectivity index (χ0n) is 9.58. The second-order valence-electron chi connectivity index (χ2n) is 3.61. The molecule has 0 saturated heterocycles. The standard InChI is InChI=1S/C12H18N2O/c1-10-4-6-12(7-5-10)14(11(2)15)9-8-13-3/h4-7,13H,8-9H2,1-3H3. The summed E-state index contributed by atoms with van der Waals surface area (Å²) in [6.45, 7) is 5.13. The van der Waals surface area contributed by atoms with Crippen molar-refractivity contribution in [1.82, 2.24) is 5.32 Å². The highest BCUT2D eigenvalue weighted by molar-refractivity contribution is 5.91. The molecule has 82 valence electrons. The molecule has 1 amide bonds. The lowest BCUT2D eigenvalue weighted by Crippen LogP contribution is -2.34. The molecule has 1 rings (SSSR count). The first-order valence-corrected chi connectivity index (χ1v) is 5.14. The molecule has 0 aliphatic carbocycles. The topological polar surface area (TPSA) is 32.3 Å². The van der Waals surface area contributed by atoms with Crippen LogP contribution in [0.2, 0.25) is 0 Å². The van der Waals surface area contributed by atoms with E-state index >= 15 is 0 Å². The summed E-state index contributed by atoms with van der Waals surface area (Å²) in [7, 11) is 1.88. The largest absolute Gasteiger partial charge is 0.318 e. The van der Waals surface area contributed by atoms with Gasteiger partial charge in [-0.3, -0.25) is 4.79 Å². The molecule has 0 spiro atoms. The van der Waals surface area contributed by atoms with Crippen molar-refractivity contribution >= 4 is 11.6 Å². The number of anilines is 1. The van der Waals surface area contributed by atoms with Crippen molar-refractivity contribution in [2.75, 3.05) is 25.0 Å². The van der Waals surface area contributed by atoms with E-state index in [0.717, 1.165) is 12.2 Å². The van der Waals surface area contributed by atoms with Crippen LogP contribution < -0.4 is 10.2 Å². The van der Waals surface area contributed by atoms with Gasteiger partial charge < -0.3 is 10.2 Å². The predicted octanol–water partition coefficient (Wildman–Crippen LogP) is 1.57. The van der Waals surface area contributed by atoms with E-state index in [1.165, 1.54) is 5.56 Å². The van der Waals surface area contributed by atoms with Crippen LogP contribution in [0.25, 0.3) is 0 Å². The Labute approximate surface area is 91.1 Å². The fourth-order valence-electron chi connectivity index (χ4n) is 1.42. The summed E-state index contributed by atoms with van der Waals surface area (Å²) in [6, 6.07) is 7.99. The van der Waals surface area contributed by atoms with Gasteiger partial charge in [-0.2, -0.15) is 0 Å². The van der Waals surface area contributed by atoms with E-state index in [0.29, 0.717) is 6.54 Å². The van der Waals surface area contributed by atoms with Gasteiger partial charge in [0.25, 0.3) is 0 Å². The first kappa shape index (κ1) is 11.7. The zero-order valence-corrected chi connectivity index (χ0v) is 9.58. The van der Waals surface area contributed by atoms with E-state index < -0.39 is 0 Å². The van der Waals surface area contributed by atoms with Gasteiger partial charge in [-0.15, -0.1) is 0 Å². The van der Waals surface area contributed by atoms with Crippen molar-refractivity contribution in [3.05, 3.63) is 29.8 Å². The van der Waals surface area contributed by atoms with Gasteiger partial charge in [0.2, 0.25) is 5.91 Å². The number of hydrogen-bond acceptors (Lipinski definition) is 2. The van der Waals surface area contributed by atoms with Gasteiger partial charge in [0, 0.05) is 25.7 Å². The molecule has 0 fully saturated rings. The third-order valence-electron chi connectivity index (χ3n) is 2.31. The average molecular weight is 206 g/mol. The van der Waals surface area contributed by atoms with Crippen LogP contribution in [0.5, 0.6) is 0 Å². The Balaban J connectivity index is 2.79. The number of nitrogens with zero attached hydrogens (tertiary/aromatic N) is 1. The molecule has 15 heavy (non-hydrogen) atoms. The Kier molecular flexibility index (Phi) is 4.31. The molecule has 1 N–H and O–H groups in total. The van der Waals surface area contributed by atoms with Gasteiger partial charge >= 0.3 is 0 Å². The maximum Gasteiger partial charge on any atom is 0.223 e. The van der Waals surface area contributed by atoms with Crippen molar-refractivity contribution in [2.45, 2.75) is 13.8 Å². The van der Waals surface area contributed by atoms with Gasteiger partial charge in [0.15, 0.2) is 0 Å². The number of carbonyl (C=O) groups excluding carboxylic acids is 1. The van der Waals surface area contributed by atoms with E-state index in [-0.39, 0.29) is 5.91 Å². The fourth-order valence-corrected chi connectivity index (χ4v) is 1.42. The summed E-state index contributed by atoms with van der Waals surface area (Å²) in [6.07, 6.45) is 0. The molecule has 0 unspecified atom stereocenters. The van der Waals surface area contributed by atoms with Crippen molar-refractivity contribution in [2.24, 2.45) is 0 Å². The molecule has 1 aromatic carbocycles. The van der Waals surface area contributed by atoms with Crippen molar-refractivity contribution in [3.63, 3.8) is 0 Å². The number of benzene rings is 1. The highest BCUT2D eigenvalue weighted by Gasteiger charge is 2.09. The Morgan fingerprint density at radius 1 is 1.33 bits per heavy atom. The summed E-state index contributed by atoms with van der Waals surface area (Å²) in [5.74, 6) is 0.0779. The smallest absolute Gasteiger partial charge is 0.223 e. The highest BCUT2D eigenvalue weighted by Crippen LogP contribution is 2.14. The first-order valence-electron chi connectivity index (χ1n) is 5.14. The Morgan fingerprint density at radius 3 is 2.40 bits per heavy atom.